The van der Waals surface area contributed by atoms with E-state index in [1.165, 1.54) is 0 Å². The van der Waals surface area contributed by atoms with E-state index in [1.807, 2.05) is 6.07 Å². The number of benzene rings is 2. The molecule has 5 heteroatoms. The summed E-state index contributed by atoms with van der Waals surface area (Å²) in [5.41, 5.74) is 1.80. The van der Waals surface area contributed by atoms with Crippen LogP contribution in [-0.4, -0.2) is 23.6 Å². The SMILES string of the molecule is CC(C)COc1cccc(C(=O)Nc2ccc(CC(=O)O)cc2)c1. The number of carbonyl (C=O) groups is 2. The molecule has 0 saturated carbocycles. The van der Waals surface area contributed by atoms with E-state index in [9.17, 15) is 9.59 Å². The lowest BCUT2D eigenvalue weighted by Crippen LogP contribution is -2.12. The summed E-state index contributed by atoms with van der Waals surface area (Å²) < 4.78 is 5.63. The third-order valence-electron chi connectivity index (χ3n) is 3.25. The highest BCUT2D eigenvalue weighted by Crippen LogP contribution is 2.17. The molecule has 0 aliphatic rings. The van der Waals surface area contributed by atoms with E-state index in [1.54, 1.807) is 42.5 Å². The van der Waals surface area contributed by atoms with Gasteiger partial charge in [0.1, 0.15) is 5.75 Å². The van der Waals surface area contributed by atoms with Gasteiger partial charge in [0.2, 0.25) is 0 Å². The number of hydrogen-bond acceptors (Lipinski definition) is 3. The van der Waals surface area contributed by atoms with Gasteiger partial charge in [0.15, 0.2) is 0 Å². The number of carboxylic acid groups (broad SMARTS) is 1. The van der Waals surface area contributed by atoms with Crippen LogP contribution in [0.15, 0.2) is 48.5 Å². The van der Waals surface area contributed by atoms with Crippen molar-refractivity contribution in [2.45, 2.75) is 20.3 Å². The highest BCUT2D eigenvalue weighted by atomic mass is 16.5. The summed E-state index contributed by atoms with van der Waals surface area (Å²) in [5.74, 6) is -0.0547. The lowest BCUT2D eigenvalue weighted by molar-refractivity contribution is -0.136. The van der Waals surface area contributed by atoms with Gasteiger partial charge in [0.05, 0.1) is 13.0 Å². The molecule has 0 heterocycles. The van der Waals surface area contributed by atoms with Gasteiger partial charge in [-0.1, -0.05) is 32.0 Å². The van der Waals surface area contributed by atoms with Crippen LogP contribution in [0.5, 0.6) is 5.75 Å². The lowest BCUT2D eigenvalue weighted by Gasteiger charge is -2.10. The zero-order valence-electron chi connectivity index (χ0n) is 13.8. The van der Waals surface area contributed by atoms with E-state index in [0.29, 0.717) is 35.1 Å². The van der Waals surface area contributed by atoms with E-state index in [-0.39, 0.29) is 12.3 Å². The van der Waals surface area contributed by atoms with Crippen LogP contribution in [0.2, 0.25) is 0 Å². The quantitative estimate of drug-likeness (QED) is 0.815. The summed E-state index contributed by atoms with van der Waals surface area (Å²) in [5, 5.41) is 11.5. The average molecular weight is 327 g/mol. The van der Waals surface area contributed by atoms with E-state index in [2.05, 4.69) is 19.2 Å². The number of aliphatic carboxylic acids is 1. The number of rotatable bonds is 7. The van der Waals surface area contributed by atoms with Crippen molar-refractivity contribution < 1.29 is 19.4 Å². The van der Waals surface area contributed by atoms with Gasteiger partial charge in [-0.05, 0) is 41.8 Å². The smallest absolute Gasteiger partial charge is 0.307 e. The number of carboxylic acids is 1. The number of amides is 1. The molecule has 0 aliphatic carbocycles. The molecule has 0 aliphatic heterocycles. The maximum Gasteiger partial charge on any atom is 0.307 e. The summed E-state index contributed by atoms with van der Waals surface area (Å²) in [6.45, 7) is 4.71. The largest absolute Gasteiger partial charge is 0.493 e. The number of nitrogens with one attached hydrogen (secondary N) is 1. The average Bonchev–Trinajstić information content (AvgIpc) is 2.54. The molecule has 2 rings (SSSR count). The molecule has 0 aromatic heterocycles. The summed E-state index contributed by atoms with van der Waals surface area (Å²) in [6.07, 6.45) is -0.0382. The first-order valence-electron chi connectivity index (χ1n) is 7.79. The Kier molecular flexibility index (Phi) is 5.95. The highest BCUT2D eigenvalue weighted by molar-refractivity contribution is 6.04. The molecule has 0 saturated heterocycles. The third-order valence-corrected chi connectivity index (χ3v) is 3.25. The number of hydrogen-bond donors (Lipinski definition) is 2. The molecule has 0 atom stereocenters. The first-order chi connectivity index (χ1) is 11.4. The van der Waals surface area contributed by atoms with Crippen LogP contribution in [0.1, 0.15) is 29.8 Å². The third kappa shape index (κ3) is 5.43. The van der Waals surface area contributed by atoms with Crippen LogP contribution < -0.4 is 10.1 Å². The fraction of sp³-hybridized carbons (Fsp3) is 0.263. The van der Waals surface area contributed by atoms with Crippen molar-refractivity contribution in [1.82, 2.24) is 0 Å². The second kappa shape index (κ2) is 8.15. The van der Waals surface area contributed by atoms with Gasteiger partial charge in [0.25, 0.3) is 5.91 Å². The Bertz CT molecular complexity index is 708. The van der Waals surface area contributed by atoms with Crippen molar-refractivity contribution in [3.05, 3.63) is 59.7 Å². The maximum absolute atomic E-state index is 12.3. The van der Waals surface area contributed by atoms with Crippen molar-refractivity contribution >= 4 is 17.6 Å². The monoisotopic (exact) mass is 327 g/mol. The molecular weight excluding hydrogens is 306 g/mol. The molecule has 0 unspecified atom stereocenters. The van der Waals surface area contributed by atoms with Crippen LogP contribution in [0.3, 0.4) is 0 Å². The zero-order valence-corrected chi connectivity index (χ0v) is 13.8. The maximum atomic E-state index is 12.3. The minimum Gasteiger partial charge on any atom is -0.493 e. The van der Waals surface area contributed by atoms with E-state index in [4.69, 9.17) is 9.84 Å². The normalized spacial score (nSPS) is 10.5. The second-order valence-electron chi connectivity index (χ2n) is 5.95. The number of anilines is 1. The first-order valence-corrected chi connectivity index (χ1v) is 7.79. The van der Waals surface area contributed by atoms with E-state index < -0.39 is 5.97 Å². The molecule has 24 heavy (non-hydrogen) atoms. The Morgan fingerprint density at radius 2 is 1.83 bits per heavy atom. The van der Waals surface area contributed by atoms with Crippen LogP contribution in [0.4, 0.5) is 5.69 Å². The lowest BCUT2D eigenvalue weighted by atomic mass is 10.1. The summed E-state index contributed by atoms with van der Waals surface area (Å²) in [4.78, 5) is 23.0. The minimum absolute atomic E-state index is 0.0382. The highest BCUT2D eigenvalue weighted by Gasteiger charge is 2.08. The number of ether oxygens (including phenoxy) is 1. The van der Waals surface area contributed by atoms with Crippen molar-refractivity contribution in [3.8, 4) is 5.75 Å². The van der Waals surface area contributed by atoms with Crippen molar-refractivity contribution in [2.75, 3.05) is 11.9 Å². The topological polar surface area (TPSA) is 75.6 Å². The van der Waals surface area contributed by atoms with Gasteiger partial charge in [-0.15, -0.1) is 0 Å². The molecule has 1 amide bonds. The number of carbonyl (C=O) groups excluding carboxylic acids is 1. The Hall–Kier alpha value is -2.82. The fourth-order valence-corrected chi connectivity index (χ4v) is 2.07. The molecule has 0 spiro atoms. The van der Waals surface area contributed by atoms with Gasteiger partial charge >= 0.3 is 5.97 Å². The molecule has 126 valence electrons. The van der Waals surface area contributed by atoms with Gasteiger partial charge < -0.3 is 15.2 Å². The molecule has 2 N–H and O–H groups in total. The predicted molar refractivity (Wildman–Crippen MR) is 92.5 cm³/mol. The summed E-state index contributed by atoms with van der Waals surface area (Å²) >= 11 is 0. The molecule has 0 fully saturated rings. The van der Waals surface area contributed by atoms with Crippen molar-refractivity contribution in [1.29, 1.82) is 0 Å². The molecule has 5 nitrogen and oxygen atoms in total. The zero-order chi connectivity index (χ0) is 17.5. The fourth-order valence-electron chi connectivity index (χ4n) is 2.07. The molecule has 0 radical (unpaired) electrons. The van der Waals surface area contributed by atoms with Crippen molar-refractivity contribution in [2.24, 2.45) is 5.92 Å². The van der Waals surface area contributed by atoms with E-state index in [0.717, 1.165) is 0 Å². The Balaban J connectivity index is 2.01. The molecule has 0 bridgehead atoms. The van der Waals surface area contributed by atoms with Crippen LogP contribution in [0, 0.1) is 5.92 Å². The summed E-state index contributed by atoms with van der Waals surface area (Å²) in [7, 11) is 0. The van der Waals surface area contributed by atoms with E-state index >= 15 is 0 Å². The first kappa shape index (κ1) is 17.5. The molecule has 2 aromatic carbocycles. The van der Waals surface area contributed by atoms with Gasteiger partial charge in [-0.2, -0.15) is 0 Å². The van der Waals surface area contributed by atoms with Gasteiger partial charge in [-0.3, -0.25) is 9.59 Å². The second-order valence-corrected chi connectivity index (χ2v) is 5.95. The van der Waals surface area contributed by atoms with Gasteiger partial charge in [0, 0.05) is 11.3 Å². The van der Waals surface area contributed by atoms with Gasteiger partial charge in [-0.25, -0.2) is 0 Å². The van der Waals surface area contributed by atoms with Crippen LogP contribution >= 0.6 is 0 Å². The molecular formula is C19H21NO4. The Morgan fingerprint density at radius 3 is 2.46 bits per heavy atom. The molecule has 2 aromatic rings. The Labute approximate surface area is 141 Å². The van der Waals surface area contributed by atoms with Crippen LogP contribution in [0.25, 0.3) is 0 Å². The minimum atomic E-state index is -0.884. The summed E-state index contributed by atoms with van der Waals surface area (Å²) in [6, 6.07) is 13.8. The standard InChI is InChI=1S/C19H21NO4/c1-13(2)12-24-17-5-3-4-15(11-17)19(23)20-16-8-6-14(7-9-16)10-18(21)22/h3-9,11,13H,10,12H2,1-2H3,(H,20,23)(H,21,22). The van der Waals surface area contributed by atoms with Crippen LogP contribution in [-0.2, 0) is 11.2 Å². The predicted octanol–water partition coefficient (Wildman–Crippen LogP) is 3.60. The van der Waals surface area contributed by atoms with Crippen molar-refractivity contribution in [3.63, 3.8) is 0 Å². The Morgan fingerprint density at radius 1 is 1.12 bits per heavy atom.